The Labute approximate surface area is 148 Å². The van der Waals surface area contributed by atoms with Crippen molar-refractivity contribution in [2.24, 2.45) is 0 Å². The van der Waals surface area contributed by atoms with Gasteiger partial charge in [-0.15, -0.1) is 0 Å². The summed E-state index contributed by atoms with van der Waals surface area (Å²) < 4.78 is 12.7. The van der Waals surface area contributed by atoms with Gasteiger partial charge in [-0.3, -0.25) is 4.79 Å². The monoisotopic (exact) mass is 343 g/mol. The molecule has 134 valence electrons. The summed E-state index contributed by atoms with van der Waals surface area (Å²) in [5, 5.41) is 3.08. The highest BCUT2D eigenvalue weighted by molar-refractivity contribution is 5.91. The first kappa shape index (κ1) is 17.3. The Hall–Kier alpha value is -2.50. The Morgan fingerprint density at radius 3 is 2.64 bits per heavy atom. The first-order valence-electron chi connectivity index (χ1n) is 8.58. The van der Waals surface area contributed by atoms with Gasteiger partial charge in [-0.1, -0.05) is 6.07 Å². The number of benzene rings is 1. The van der Waals surface area contributed by atoms with Gasteiger partial charge in [-0.2, -0.15) is 0 Å². The summed E-state index contributed by atoms with van der Waals surface area (Å²) in [6, 6.07) is 5.74. The van der Waals surface area contributed by atoms with Crippen LogP contribution in [-0.4, -0.2) is 36.2 Å². The van der Waals surface area contributed by atoms with E-state index in [0.717, 1.165) is 37.1 Å². The van der Waals surface area contributed by atoms with Crippen LogP contribution in [0.15, 0.2) is 30.7 Å². The molecule has 0 saturated heterocycles. The predicted octanol–water partition coefficient (Wildman–Crippen LogP) is 2.45. The number of aryl methyl sites for hydroxylation is 2. The molecule has 6 nitrogen and oxygen atoms in total. The van der Waals surface area contributed by atoms with Crippen LogP contribution < -0.4 is 14.8 Å². The number of hydrogen-bond acceptors (Lipinski definition) is 4. The predicted molar refractivity (Wildman–Crippen MR) is 95.0 cm³/mol. The van der Waals surface area contributed by atoms with Gasteiger partial charge in [0.05, 0.1) is 31.7 Å². The minimum absolute atomic E-state index is 0.0986. The number of imidazole rings is 1. The van der Waals surface area contributed by atoms with Crippen molar-refractivity contribution in [1.82, 2.24) is 14.9 Å². The molecule has 0 bridgehead atoms. The largest absolute Gasteiger partial charge is 0.493 e. The van der Waals surface area contributed by atoms with Gasteiger partial charge in [0, 0.05) is 19.3 Å². The first-order chi connectivity index (χ1) is 12.1. The SMILES string of the molecule is COc1ccc(C2(C(=O)NCCCn3cnc(C)c3)CC2)cc1OC. The van der Waals surface area contributed by atoms with E-state index in [0.29, 0.717) is 18.0 Å². The number of methoxy groups -OCH3 is 2. The zero-order chi connectivity index (χ0) is 17.9. The van der Waals surface area contributed by atoms with Crippen LogP contribution in [0.25, 0.3) is 0 Å². The first-order valence-corrected chi connectivity index (χ1v) is 8.58. The Balaban J connectivity index is 1.58. The molecule has 1 amide bonds. The van der Waals surface area contributed by atoms with Crippen molar-refractivity contribution in [2.75, 3.05) is 20.8 Å². The smallest absolute Gasteiger partial charge is 0.230 e. The van der Waals surface area contributed by atoms with Crippen LogP contribution in [0.3, 0.4) is 0 Å². The molecule has 1 aromatic heterocycles. The lowest BCUT2D eigenvalue weighted by Gasteiger charge is -2.18. The number of hydrogen-bond donors (Lipinski definition) is 1. The number of carbonyl (C=O) groups excluding carboxylic acids is 1. The van der Waals surface area contributed by atoms with E-state index in [2.05, 4.69) is 10.3 Å². The van der Waals surface area contributed by atoms with Crippen LogP contribution >= 0.6 is 0 Å². The molecule has 1 aliphatic rings. The van der Waals surface area contributed by atoms with Gasteiger partial charge < -0.3 is 19.4 Å². The maximum atomic E-state index is 12.7. The molecule has 1 aliphatic carbocycles. The molecule has 0 radical (unpaired) electrons. The Bertz CT molecular complexity index is 750. The van der Waals surface area contributed by atoms with Gasteiger partial charge in [0.25, 0.3) is 0 Å². The number of nitrogens with one attached hydrogen (secondary N) is 1. The summed E-state index contributed by atoms with van der Waals surface area (Å²) in [5.41, 5.74) is 1.59. The molecule has 0 spiro atoms. The maximum Gasteiger partial charge on any atom is 0.230 e. The number of ether oxygens (including phenoxy) is 2. The fourth-order valence-corrected chi connectivity index (χ4v) is 3.13. The standard InChI is InChI=1S/C19H25N3O3/c1-14-12-22(13-21-14)10-4-9-20-18(23)19(7-8-19)15-5-6-16(24-2)17(11-15)25-3/h5-6,11-13H,4,7-10H2,1-3H3,(H,20,23). The van der Waals surface area contributed by atoms with Gasteiger partial charge in [0.15, 0.2) is 11.5 Å². The molecular formula is C19H25N3O3. The van der Waals surface area contributed by atoms with Crippen LogP contribution in [0, 0.1) is 6.92 Å². The number of amides is 1. The molecule has 25 heavy (non-hydrogen) atoms. The fraction of sp³-hybridized carbons (Fsp3) is 0.474. The third-order valence-electron chi connectivity index (χ3n) is 4.76. The molecule has 1 N–H and O–H groups in total. The van der Waals surface area contributed by atoms with E-state index < -0.39 is 5.41 Å². The summed E-state index contributed by atoms with van der Waals surface area (Å²) in [6.45, 7) is 3.48. The van der Waals surface area contributed by atoms with Crippen LogP contribution in [0.2, 0.25) is 0 Å². The number of carbonyl (C=O) groups is 1. The van der Waals surface area contributed by atoms with Crippen molar-refractivity contribution in [3.63, 3.8) is 0 Å². The van der Waals surface area contributed by atoms with Gasteiger partial charge >= 0.3 is 0 Å². The third-order valence-corrected chi connectivity index (χ3v) is 4.76. The molecule has 0 unspecified atom stereocenters. The van der Waals surface area contributed by atoms with Crippen molar-refractivity contribution in [3.05, 3.63) is 42.0 Å². The topological polar surface area (TPSA) is 65.4 Å². The minimum atomic E-state index is -0.412. The van der Waals surface area contributed by atoms with Crippen molar-refractivity contribution >= 4 is 5.91 Å². The molecule has 1 saturated carbocycles. The lowest BCUT2D eigenvalue weighted by Crippen LogP contribution is -2.35. The van der Waals surface area contributed by atoms with Crippen molar-refractivity contribution in [1.29, 1.82) is 0 Å². The van der Waals surface area contributed by atoms with Gasteiger partial charge in [-0.05, 0) is 43.9 Å². The van der Waals surface area contributed by atoms with E-state index in [1.54, 1.807) is 14.2 Å². The summed E-state index contributed by atoms with van der Waals surface area (Å²) in [7, 11) is 3.22. The Morgan fingerprint density at radius 1 is 1.28 bits per heavy atom. The molecular weight excluding hydrogens is 318 g/mol. The second-order valence-electron chi connectivity index (χ2n) is 6.51. The summed E-state index contributed by atoms with van der Waals surface area (Å²) in [4.78, 5) is 16.9. The number of rotatable bonds is 8. The van der Waals surface area contributed by atoms with E-state index in [1.165, 1.54) is 0 Å². The van der Waals surface area contributed by atoms with Gasteiger partial charge in [0.1, 0.15) is 0 Å². The van der Waals surface area contributed by atoms with E-state index in [4.69, 9.17) is 9.47 Å². The second kappa shape index (κ2) is 7.17. The third kappa shape index (κ3) is 3.62. The molecule has 0 aliphatic heterocycles. The summed E-state index contributed by atoms with van der Waals surface area (Å²) in [6.07, 6.45) is 6.45. The van der Waals surface area contributed by atoms with Crippen molar-refractivity contribution in [3.8, 4) is 11.5 Å². The Morgan fingerprint density at radius 2 is 2.04 bits per heavy atom. The highest BCUT2D eigenvalue weighted by Gasteiger charge is 2.51. The van der Waals surface area contributed by atoms with Crippen LogP contribution in [-0.2, 0) is 16.8 Å². The summed E-state index contributed by atoms with van der Waals surface area (Å²) >= 11 is 0. The second-order valence-corrected chi connectivity index (χ2v) is 6.51. The van der Waals surface area contributed by atoms with Crippen molar-refractivity contribution < 1.29 is 14.3 Å². The summed E-state index contributed by atoms with van der Waals surface area (Å²) in [5.74, 6) is 1.44. The van der Waals surface area contributed by atoms with Crippen molar-refractivity contribution in [2.45, 2.75) is 38.1 Å². The Kier molecular flexibility index (Phi) is 4.97. The van der Waals surface area contributed by atoms with E-state index in [1.807, 2.05) is 42.2 Å². The van der Waals surface area contributed by atoms with Crippen LogP contribution in [0.5, 0.6) is 11.5 Å². The van der Waals surface area contributed by atoms with Crippen LogP contribution in [0.1, 0.15) is 30.5 Å². The molecule has 1 heterocycles. The van der Waals surface area contributed by atoms with E-state index >= 15 is 0 Å². The molecule has 2 aromatic rings. The van der Waals surface area contributed by atoms with Crippen LogP contribution in [0.4, 0.5) is 0 Å². The fourth-order valence-electron chi connectivity index (χ4n) is 3.13. The maximum absolute atomic E-state index is 12.7. The molecule has 1 aromatic carbocycles. The average Bonchev–Trinajstić information content (AvgIpc) is 3.34. The quantitative estimate of drug-likeness (QED) is 0.748. The van der Waals surface area contributed by atoms with Gasteiger partial charge in [-0.25, -0.2) is 4.98 Å². The number of nitrogens with zero attached hydrogens (tertiary/aromatic N) is 2. The average molecular weight is 343 g/mol. The molecule has 6 heteroatoms. The lowest BCUT2D eigenvalue weighted by atomic mass is 9.94. The van der Waals surface area contributed by atoms with E-state index in [9.17, 15) is 4.79 Å². The lowest BCUT2D eigenvalue weighted by molar-refractivity contribution is -0.123. The highest BCUT2D eigenvalue weighted by atomic mass is 16.5. The molecule has 3 rings (SSSR count). The molecule has 1 fully saturated rings. The number of aromatic nitrogens is 2. The normalized spacial score (nSPS) is 14.8. The zero-order valence-corrected chi connectivity index (χ0v) is 15.0. The van der Waals surface area contributed by atoms with E-state index in [-0.39, 0.29) is 5.91 Å². The molecule has 0 atom stereocenters. The zero-order valence-electron chi connectivity index (χ0n) is 15.0. The highest BCUT2D eigenvalue weighted by Crippen LogP contribution is 2.50. The minimum Gasteiger partial charge on any atom is -0.493 e. The van der Waals surface area contributed by atoms with Gasteiger partial charge in [0.2, 0.25) is 5.91 Å².